The zero-order valence-electron chi connectivity index (χ0n) is 9.91. The molecular weight excluding hydrogens is 274 g/mol. The molecule has 0 heterocycles. The van der Waals surface area contributed by atoms with Crippen LogP contribution in [0.15, 0.2) is 53.0 Å². The van der Waals surface area contributed by atoms with Crippen molar-refractivity contribution in [2.75, 3.05) is 5.32 Å². The van der Waals surface area contributed by atoms with Crippen LogP contribution in [0.5, 0.6) is 0 Å². The molecule has 17 heavy (non-hydrogen) atoms. The van der Waals surface area contributed by atoms with Gasteiger partial charge in [-0.05, 0) is 35.7 Å². The van der Waals surface area contributed by atoms with Gasteiger partial charge in [0.2, 0.25) is 0 Å². The van der Waals surface area contributed by atoms with Gasteiger partial charge in [0.15, 0.2) is 0 Å². The summed E-state index contributed by atoms with van der Waals surface area (Å²) in [5.74, 6) is 0. The largest absolute Gasteiger partial charge is 0.381 e. The molecule has 0 aliphatic rings. The fraction of sp³-hybridized carbons (Fsp3) is 0.200. The van der Waals surface area contributed by atoms with Gasteiger partial charge in [0.25, 0.3) is 0 Å². The van der Waals surface area contributed by atoms with Gasteiger partial charge < -0.3 is 5.32 Å². The van der Waals surface area contributed by atoms with Crippen molar-refractivity contribution in [1.82, 2.24) is 0 Å². The molecule has 1 nitrogen and oxygen atoms in total. The second-order valence-electron chi connectivity index (χ2n) is 4.00. The maximum atomic E-state index is 3.55. The second-order valence-corrected chi connectivity index (χ2v) is 4.85. The van der Waals surface area contributed by atoms with Crippen LogP contribution in [0.3, 0.4) is 0 Å². The molecule has 2 heteroatoms. The molecule has 0 spiro atoms. The van der Waals surface area contributed by atoms with Gasteiger partial charge >= 0.3 is 0 Å². The summed E-state index contributed by atoms with van der Waals surface area (Å²) in [5.41, 5.74) is 3.81. The van der Waals surface area contributed by atoms with E-state index in [0.717, 1.165) is 23.1 Å². The van der Waals surface area contributed by atoms with E-state index in [0.29, 0.717) is 0 Å². The van der Waals surface area contributed by atoms with Crippen molar-refractivity contribution >= 4 is 21.6 Å². The van der Waals surface area contributed by atoms with Crippen molar-refractivity contribution in [3.8, 4) is 0 Å². The standard InChI is InChI=1S/C15H16BrN/c1-2-12-7-9-14(10-8-12)17-11-13-5-3-4-6-15(13)16/h3-10,17H,2,11H2,1H3. The predicted octanol–water partition coefficient (Wildman–Crippen LogP) is 4.62. The van der Waals surface area contributed by atoms with Crippen molar-refractivity contribution in [3.63, 3.8) is 0 Å². The van der Waals surface area contributed by atoms with Gasteiger partial charge in [-0.3, -0.25) is 0 Å². The fourth-order valence-corrected chi connectivity index (χ4v) is 2.12. The van der Waals surface area contributed by atoms with E-state index in [-0.39, 0.29) is 0 Å². The van der Waals surface area contributed by atoms with Gasteiger partial charge in [0, 0.05) is 16.7 Å². The monoisotopic (exact) mass is 289 g/mol. The lowest BCUT2D eigenvalue weighted by Crippen LogP contribution is -1.99. The predicted molar refractivity (Wildman–Crippen MR) is 77.3 cm³/mol. The molecule has 0 aliphatic carbocycles. The molecule has 0 saturated heterocycles. The maximum Gasteiger partial charge on any atom is 0.0411 e. The molecule has 0 radical (unpaired) electrons. The number of benzene rings is 2. The van der Waals surface area contributed by atoms with Crippen molar-refractivity contribution in [1.29, 1.82) is 0 Å². The summed E-state index contributed by atoms with van der Waals surface area (Å²) in [6, 6.07) is 16.9. The van der Waals surface area contributed by atoms with Crippen molar-refractivity contribution in [2.24, 2.45) is 0 Å². The molecule has 0 saturated carbocycles. The van der Waals surface area contributed by atoms with Crippen LogP contribution in [-0.4, -0.2) is 0 Å². The van der Waals surface area contributed by atoms with E-state index >= 15 is 0 Å². The third-order valence-electron chi connectivity index (χ3n) is 2.80. The van der Waals surface area contributed by atoms with Crippen LogP contribution in [0.1, 0.15) is 18.1 Å². The molecule has 88 valence electrons. The van der Waals surface area contributed by atoms with Crippen molar-refractivity contribution in [3.05, 3.63) is 64.1 Å². The summed E-state index contributed by atoms with van der Waals surface area (Å²) in [6.45, 7) is 3.01. The first-order valence-corrected chi connectivity index (χ1v) is 6.65. The Balaban J connectivity index is 2.00. The first-order chi connectivity index (χ1) is 8.29. The average molecular weight is 290 g/mol. The SMILES string of the molecule is CCc1ccc(NCc2ccccc2Br)cc1. The molecule has 1 N–H and O–H groups in total. The smallest absolute Gasteiger partial charge is 0.0411 e. The number of aryl methyl sites for hydroxylation is 1. The summed E-state index contributed by atoms with van der Waals surface area (Å²) < 4.78 is 1.15. The van der Waals surface area contributed by atoms with Crippen LogP contribution in [-0.2, 0) is 13.0 Å². The van der Waals surface area contributed by atoms with Gasteiger partial charge in [0.05, 0.1) is 0 Å². The molecule has 2 aromatic rings. The first-order valence-electron chi connectivity index (χ1n) is 5.86. The van der Waals surface area contributed by atoms with E-state index in [1.165, 1.54) is 11.1 Å². The lowest BCUT2D eigenvalue weighted by molar-refractivity contribution is 1.12. The van der Waals surface area contributed by atoms with Crippen LogP contribution in [0.25, 0.3) is 0 Å². The Hall–Kier alpha value is -1.28. The van der Waals surface area contributed by atoms with Crippen molar-refractivity contribution < 1.29 is 0 Å². The van der Waals surface area contributed by atoms with E-state index in [1.54, 1.807) is 0 Å². The number of halogens is 1. The lowest BCUT2D eigenvalue weighted by Gasteiger charge is -2.08. The summed E-state index contributed by atoms with van der Waals surface area (Å²) >= 11 is 3.55. The first kappa shape index (κ1) is 12.2. The highest BCUT2D eigenvalue weighted by atomic mass is 79.9. The fourth-order valence-electron chi connectivity index (χ4n) is 1.70. The third kappa shape index (κ3) is 3.34. The highest BCUT2D eigenvalue weighted by Gasteiger charge is 1.98. The Labute approximate surface area is 111 Å². The van der Waals surface area contributed by atoms with E-state index in [1.807, 2.05) is 6.07 Å². The molecule has 0 fully saturated rings. The highest BCUT2D eigenvalue weighted by molar-refractivity contribution is 9.10. The minimum absolute atomic E-state index is 0.840. The van der Waals surface area contributed by atoms with Gasteiger partial charge in [-0.25, -0.2) is 0 Å². The van der Waals surface area contributed by atoms with Gasteiger partial charge in [0.1, 0.15) is 0 Å². The van der Waals surface area contributed by atoms with Gasteiger partial charge in [-0.15, -0.1) is 0 Å². The van der Waals surface area contributed by atoms with Crippen LogP contribution in [0, 0.1) is 0 Å². The van der Waals surface area contributed by atoms with E-state index in [2.05, 4.69) is 70.6 Å². The zero-order valence-corrected chi connectivity index (χ0v) is 11.5. The van der Waals surface area contributed by atoms with Crippen LogP contribution in [0.2, 0.25) is 0 Å². The molecular formula is C15H16BrN. The van der Waals surface area contributed by atoms with Crippen LogP contribution in [0.4, 0.5) is 5.69 Å². The molecule has 0 bridgehead atoms. The third-order valence-corrected chi connectivity index (χ3v) is 3.58. The number of hydrogen-bond donors (Lipinski definition) is 1. The Morgan fingerprint density at radius 3 is 2.35 bits per heavy atom. The maximum absolute atomic E-state index is 3.55. The average Bonchev–Trinajstić information content (AvgIpc) is 2.38. The van der Waals surface area contributed by atoms with Crippen LogP contribution >= 0.6 is 15.9 Å². The lowest BCUT2D eigenvalue weighted by atomic mass is 10.1. The molecule has 0 amide bonds. The minimum Gasteiger partial charge on any atom is -0.381 e. The Morgan fingerprint density at radius 1 is 1.00 bits per heavy atom. The number of anilines is 1. The molecule has 0 aromatic heterocycles. The van der Waals surface area contributed by atoms with Gasteiger partial charge in [-0.1, -0.05) is 53.2 Å². The normalized spacial score (nSPS) is 10.2. The number of hydrogen-bond acceptors (Lipinski definition) is 1. The highest BCUT2D eigenvalue weighted by Crippen LogP contribution is 2.18. The summed E-state index contributed by atoms with van der Waals surface area (Å²) in [5, 5.41) is 3.42. The minimum atomic E-state index is 0.840. The van der Waals surface area contributed by atoms with Crippen molar-refractivity contribution in [2.45, 2.75) is 19.9 Å². The second kappa shape index (κ2) is 5.87. The number of rotatable bonds is 4. The summed E-state index contributed by atoms with van der Waals surface area (Å²) in [7, 11) is 0. The molecule has 0 unspecified atom stereocenters. The van der Waals surface area contributed by atoms with E-state index < -0.39 is 0 Å². The summed E-state index contributed by atoms with van der Waals surface area (Å²) in [6.07, 6.45) is 1.09. The molecule has 0 aliphatic heterocycles. The summed E-state index contributed by atoms with van der Waals surface area (Å²) in [4.78, 5) is 0. The topological polar surface area (TPSA) is 12.0 Å². The Morgan fingerprint density at radius 2 is 1.71 bits per heavy atom. The zero-order chi connectivity index (χ0) is 12.1. The molecule has 2 aromatic carbocycles. The quantitative estimate of drug-likeness (QED) is 0.866. The van der Waals surface area contributed by atoms with Gasteiger partial charge in [-0.2, -0.15) is 0 Å². The van der Waals surface area contributed by atoms with Crippen LogP contribution < -0.4 is 5.32 Å². The molecule has 0 atom stereocenters. The van der Waals surface area contributed by atoms with E-state index in [4.69, 9.17) is 0 Å². The number of nitrogens with one attached hydrogen (secondary N) is 1. The Bertz CT molecular complexity index is 477. The van der Waals surface area contributed by atoms with E-state index in [9.17, 15) is 0 Å². The Kier molecular flexibility index (Phi) is 4.21. The molecule has 2 rings (SSSR count).